The zero-order valence-electron chi connectivity index (χ0n) is 14.8. The fraction of sp³-hybridized carbons (Fsp3) is 0.316. The molecule has 2 heterocycles. The van der Waals surface area contributed by atoms with E-state index in [2.05, 4.69) is 53.6 Å². The van der Waals surface area contributed by atoms with Gasteiger partial charge in [0.2, 0.25) is 5.91 Å². The van der Waals surface area contributed by atoms with Gasteiger partial charge in [-0.3, -0.25) is 4.79 Å². The highest BCUT2D eigenvalue weighted by Gasteiger charge is 2.11. The Morgan fingerprint density at radius 1 is 1.23 bits per heavy atom. The average molecular weight is 388 g/mol. The second kappa shape index (κ2) is 9.00. The van der Waals surface area contributed by atoms with Crippen molar-refractivity contribution in [2.45, 2.75) is 31.4 Å². The Labute approximate surface area is 161 Å². The number of rotatable bonds is 8. The molecule has 0 saturated carbocycles. The van der Waals surface area contributed by atoms with Gasteiger partial charge in [-0.25, -0.2) is 0 Å². The lowest BCUT2D eigenvalue weighted by Gasteiger charge is -2.07. The van der Waals surface area contributed by atoms with Crippen molar-refractivity contribution < 1.29 is 9.21 Å². The maximum atomic E-state index is 12.0. The Bertz CT molecular complexity index is 827. The molecule has 7 heteroatoms. The maximum absolute atomic E-state index is 12.0. The summed E-state index contributed by atoms with van der Waals surface area (Å²) in [5, 5.41) is 13.3. The van der Waals surface area contributed by atoms with Crippen LogP contribution in [0.15, 0.2) is 51.4 Å². The molecule has 0 aliphatic rings. The standard InChI is InChI=1S/C19H21N3O2S2/c1-13(2)15-7-5-14(6-8-15)9-10-20-17(23)12-26-19-22-21-18(24-19)16-4-3-11-25-16/h3-8,11,13H,9-10,12H2,1-2H3,(H,20,23). The fourth-order valence-corrected chi connectivity index (χ4v) is 3.60. The summed E-state index contributed by atoms with van der Waals surface area (Å²) in [6.45, 7) is 4.98. The van der Waals surface area contributed by atoms with E-state index in [1.54, 1.807) is 11.3 Å². The van der Waals surface area contributed by atoms with Gasteiger partial charge in [-0.15, -0.1) is 21.5 Å². The van der Waals surface area contributed by atoms with Crippen LogP contribution in [-0.2, 0) is 11.2 Å². The number of nitrogens with one attached hydrogen (secondary N) is 1. The van der Waals surface area contributed by atoms with Crippen LogP contribution >= 0.6 is 23.1 Å². The van der Waals surface area contributed by atoms with Crippen molar-refractivity contribution in [1.82, 2.24) is 15.5 Å². The number of hydrogen-bond acceptors (Lipinski definition) is 6. The van der Waals surface area contributed by atoms with E-state index in [1.807, 2.05) is 17.5 Å². The van der Waals surface area contributed by atoms with Crippen LogP contribution in [0.1, 0.15) is 30.9 Å². The van der Waals surface area contributed by atoms with E-state index >= 15 is 0 Å². The molecular weight excluding hydrogens is 366 g/mol. The molecule has 3 aromatic rings. The number of amides is 1. The number of thiophene rings is 1. The molecule has 2 aromatic heterocycles. The highest BCUT2D eigenvalue weighted by atomic mass is 32.2. The molecule has 0 unspecified atom stereocenters. The molecule has 1 amide bonds. The summed E-state index contributed by atoms with van der Waals surface area (Å²) in [4.78, 5) is 12.9. The molecular formula is C19H21N3O2S2. The number of carbonyl (C=O) groups is 1. The molecule has 0 aliphatic heterocycles. The van der Waals surface area contributed by atoms with E-state index in [1.165, 1.54) is 22.9 Å². The van der Waals surface area contributed by atoms with Crippen LogP contribution in [0.5, 0.6) is 0 Å². The van der Waals surface area contributed by atoms with Gasteiger partial charge in [0.05, 0.1) is 10.6 Å². The van der Waals surface area contributed by atoms with Crippen molar-refractivity contribution in [2.75, 3.05) is 12.3 Å². The lowest BCUT2D eigenvalue weighted by Crippen LogP contribution is -2.27. The third-order valence-electron chi connectivity index (χ3n) is 3.85. The predicted octanol–water partition coefficient (Wildman–Crippen LogP) is 4.37. The summed E-state index contributed by atoms with van der Waals surface area (Å²) in [5.41, 5.74) is 2.55. The van der Waals surface area contributed by atoms with Crippen molar-refractivity contribution in [3.05, 3.63) is 52.9 Å². The van der Waals surface area contributed by atoms with E-state index in [0.29, 0.717) is 23.6 Å². The van der Waals surface area contributed by atoms with E-state index in [-0.39, 0.29) is 11.7 Å². The van der Waals surface area contributed by atoms with Crippen LogP contribution in [0.4, 0.5) is 0 Å². The smallest absolute Gasteiger partial charge is 0.277 e. The van der Waals surface area contributed by atoms with Crippen LogP contribution in [0, 0.1) is 0 Å². The van der Waals surface area contributed by atoms with E-state index in [0.717, 1.165) is 11.3 Å². The molecule has 3 rings (SSSR count). The Morgan fingerprint density at radius 2 is 2.04 bits per heavy atom. The van der Waals surface area contributed by atoms with E-state index in [9.17, 15) is 4.79 Å². The first-order chi connectivity index (χ1) is 12.6. The minimum absolute atomic E-state index is 0.0373. The second-order valence-electron chi connectivity index (χ2n) is 6.14. The van der Waals surface area contributed by atoms with E-state index < -0.39 is 0 Å². The number of nitrogens with zero attached hydrogens (tertiary/aromatic N) is 2. The first-order valence-electron chi connectivity index (χ1n) is 8.47. The predicted molar refractivity (Wildman–Crippen MR) is 106 cm³/mol. The van der Waals surface area contributed by atoms with Gasteiger partial charge in [-0.05, 0) is 34.9 Å². The summed E-state index contributed by atoms with van der Waals surface area (Å²) in [6.07, 6.45) is 0.817. The van der Waals surface area contributed by atoms with Gasteiger partial charge < -0.3 is 9.73 Å². The molecule has 136 valence electrons. The third-order valence-corrected chi connectivity index (χ3v) is 5.52. The number of thioether (sulfide) groups is 1. The van der Waals surface area contributed by atoms with Crippen molar-refractivity contribution in [2.24, 2.45) is 0 Å². The summed E-state index contributed by atoms with van der Waals surface area (Å²) < 4.78 is 5.55. The van der Waals surface area contributed by atoms with Crippen molar-refractivity contribution in [1.29, 1.82) is 0 Å². The molecule has 0 bridgehead atoms. The van der Waals surface area contributed by atoms with Gasteiger partial charge in [0, 0.05) is 6.54 Å². The average Bonchev–Trinajstić information content (AvgIpc) is 3.32. The Kier molecular flexibility index (Phi) is 6.46. The SMILES string of the molecule is CC(C)c1ccc(CCNC(=O)CSc2nnc(-c3cccs3)o2)cc1. The maximum Gasteiger partial charge on any atom is 0.277 e. The van der Waals surface area contributed by atoms with Crippen LogP contribution < -0.4 is 5.32 Å². The second-order valence-corrected chi connectivity index (χ2v) is 8.01. The highest BCUT2D eigenvalue weighted by Crippen LogP contribution is 2.26. The first kappa shape index (κ1) is 18.7. The molecule has 0 saturated heterocycles. The Morgan fingerprint density at radius 3 is 2.73 bits per heavy atom. The number of benzene rings is 1. The largest absolute Gasteiger partial charge is 0.410 e. The first-order valence-corrected chi connectivity index (χ1v) is 10.3. The van der Waals surface area contributed by atoms with E-state index in [4.69, 9.17) is 4.42 Å². The quantitative estimate of drug-likeness (QED) is 0.581. The molecule has 0 radical (unpaired) electrons. The normalized spacial score (nSPS) is 11.0. The van der Waals surface area contributed by atoms with Gasteiger partial charge in [-0.1, -0.05) is 55.9 Å². The topological polar surface area (TPSA) is 68.0 Å². The molecule has 5 nitrogen and oxygen atoms in total. The summed E-state index contributed by atoms with van der Waals surface area (Å²) in [5.74, 6) is 1.25. The monoisotopic (exact) mass is 387 g/mol. The third kappa shape index (κ3) is 5.19. The summed E-state index contributed by atoms with van der Waals surface area (Å²) >= 11 is 2.79. The van der Waals surface area contributed by atoms with Crippen molar-refractivity contribution in [3.8, 4) is 10.8 Å². The molecule has 0 fully saturated rings. The van der Waals surface area contributed by atoms with Crippen LogP contribution in [0.2, 0.25) is 0 Å². The van der Waals surface area contributed by atoms with Crippen LogP contribution in [-0.4, -0.2) is 28.4 Å². The molecule has 1 N–H and O–H groups in total. The molecule has 0 aliphatic carbocycles. The summed E-state index contributed by atoms with van der Waals surface area (Å²) in [6, 6.07) is 12.4. The zero-order valence-corrected chi connectivity index (χ0v) is 16.4. The molecule has 26 heavy (non-hydrogen) atoms. The molecule has 1 aromatic carbocycles. The zero-order chi connectivity index (χ0) is 18.4. The minimum Gasteiger partial charge on any atom is -0.410 e. The Hall–Kier alpha value is -2.12. The number of carbonyl (C=O) groups excluding carboxylic acids is 1. The Balaban J connectivity index is 1.39. The molecule has 0 spiro atoms. The minimum atomic E-state index is -0.0373. The van der Waals surface area contributed by atoms with Gasteiger partial charge in [0.25, 0.3) is 11.1 Å². The van der Waals surface area contributed by atoms with Gasteiger partial charge >= 0.3 is 0 Å². The number of hydrogen-bond donors (Lipinski definition) is 1. The van der Waals surface area contributed by atoms with Gasteiger partial charge in [-0.2, -0.15) is 0 Å². The lowest BCUT2D eigenvalue weighted by molar-refractivity contribution is -0.118. The lowest BCUT2D eigenvalue weighted by atomic mass is 10.0. The van der Waals surface area contributed by atoms with Gasteiger partial charge in [0.1, 0.15) is 0 Å². The summed E-state index contributed by atoms with van der Waals surface area (Å²) in [7, 11) is 0. The highest BCUT2D eigenvalue weighted by molar-refractivity contribution is 7.99. The number of aromatic nitrogens is 2. The van der Waals surface area contributed by atoms with Crippen LogP contribution in [0.25, 0.3) is 10.8 Å². The molecule has 0 atom stereocenters. The van der Waals surface area contributed by atoms with Crippen LogP contribution in [0.3, 0.4) is 0 Å². The van der Waals surface area contributed by atoms with Gasteiger partial charge in [0.15, 0.2) is 0 Å². The fourth-order valence-electron chi connectivity index (χ4n) is 2.36. The van der Waals surface area contributed by atoms with Crippen molar-refractivity contribution >= 4 is 29.0 Å². The van der Waals surface area contributed by atoms with Crippen molar-refractivity contribution in [3.63, 3.8) is 0 Å².